The molecule has 0 bridgehead atoms. The molecule has 0 aliphatic rings. The Hall–Kier alpha value is -2.08. The number of hydrogen-bond donors (Lipinski definition) is 2. The fourth-order valence-electron chi connectivity index (χ4n) is 1.25. The van der Waals surface area contributed by atoms with Crippen LogP contribution in [-0.4, -0.2) is 16.2 Å². The molecule has 88 valence electrons. The van der Waals surface area contributed by atoms with Crippen molar-refractivity contribution in [3.05, 3.63) is 35.0 Å². The number of rotatable bonds is 3. The monoisotopic (exact) mass is 252 g/mol. The van der Waals surface area contributed by atoms with Crippen molar-refractivity contribution in [1.29, 1.82) is 0 Å². The van der Waals surface area contributed by atoms with E-state index in [1.165, 1.54) is 0 Å². The average Bonchev–Trinajstić information content (AvgIpc) is 2.68. The Kier molecular flexibility index (Phi) is 3.24. The molecule has 0 radical (unpaired) electrons. The van der Waals surface area contributed by atoms with E-state index in [4.69, 9.17) is 17.3 Å². The van der Waals surface area contributed by atoms with Crippen LogP contribution in [0.4, 0.5) is 11.5 Å². The molecule has 3 N–H and O–H groups in total. The molecule has 7 heteroatoms. The lowest BCUT2D eigenvalue weighted by Crippen LogP contribution is -2.15. The maximum atomic E-state index is 11.6. The molecular weight excluding hydrogens is 244 g/mol. The van der Waals surface area contributed by atoms with Crippen LogP contribution in [-0.2, 0) is 11.2 Å². The zero-order chi connectivity index (χ0) is 12.3. The smallest absolute Gasteiger partial charge is 0.230 e. The van der Waals surface area contributed by atoms with Gasteiger partial charge in [0.15, 0.2) is 5.82 Å². The van der Waals surface area contributed by atoms with Crippen molar-refractivity contribution in [2.45, 2.75) is 6.42 Å². The van der Waals surface area contributed by atoms with Crippen LogP contribution in [0.15, 0.2) is 28.9 Å². The quantitative estimate of drug-likeness (QED) is 0.863. The molecule has 0 fully saturated rings. The lowest BCUT2D eigenvalue weighted by molar-refractivity contribution is -0.115. The van der Waals surface area contributed by atoms with Gasteiger partial charge in [-0.2, -0.15) is 0 Å². The van der Waals surface area contributed by atoms with E-state index in [0.29, 0.717) is 16.4 Å². The third-order valence-corrected chi connectivity index (χ3v) is 2.39. The lowest BCUT2D eigenvalue weighted by Gasteiger charge is -2.05. The van der Waals surface area contributed by atoms with E-state index in [1.807, 2.05) is 0 Å². The van der Waals surface area contributed by atoms with Gasteiger partial charge in [-0.3, -0.25) is 4.79 Å². The predicted molar refractivity (Wildman–Crippen MR) is 62.5 cm³/mol. The highest BCUT2D eigenvalue weighted by Crippen LogP contribution is 2.20. The molecular formula is C10H9ClN4O2. The molecule has 0 aliphatic heterocycles. The van der Waals surface area contributed by atoms with E-state index < -0.39 is 0 Å². The van der Waals surface area contributed by atoms with E-state index >= 15 is 0 Å². The Morgan fingerprint density at radius 3 is 2.82 bits per heavy atom. The van der Waals surface area contributed by atoms with Crippen LogP contribution in [0, 0.1) is 0 Å². The number of nitrogens with one attached hydrogen (secondary N) is 1. The molecule has 1 amide bonds. The minimum absolute atomic E-state index is 0.0133. The molecule has 0 saturated carbocycles. The highest BCUT2D eigenvalue weighted by atomic mass is 35.5. The maximum absolute atomic E-state index is 11.6. The molecule has 6 nitrogen and oxygen atoms in total. The van der Waals surface area contributed by atoms with Gasteiger partial charge in [0.05, 0.1) is 17.1 Å². The molecule has 0 saturated heterocycles. The van der Waals surface area contributed by atoms with Gasteiger partial charge in [-0.15, -0.1) is 0 Å². The first-order chi connectivity index (χ1) is 8.16. The number of aromatic nitrogens is 2. The Bertz CT molecular complexity index is 541. The summed E-state index contributed by atoms with van der Waals surface area (Å²) < 4.78 is 4.39. The highest BCUT2D eigenvalue weighted by Gasteiger charge is 2.12. The number of amides is 1. The second-order valence-corrected chi connectivity index (χ2v) is 3.71. The fraction of sp³-hybridized carbons (Fsp3) is 0.100. The first kappa shape index (κ1) is 11.4. The third kappa shape index (κ3) is 2.73. The first-order valence-corrected chi connectivity index (χ1v) is 5.16. The van der Waals surface area contributed by atoms with Crippen LogP contribution < -0.4 is 11.1 Å². The van der Waals surface area contributed by atoms with Crippen molar-refractivity contribution in [1.82, 2.24) is 10.3 Å². The summed E-state index contributed by atoms with van der Waals surface area (Å²) in [6.45, 7) is 0. The van der Waals surface area contributed by atoms with Crippen LogP contribution in [0.5, 0.6) is 0 Å². The van der Waals surface area contributed by atoms with Crippen molar-refractivity contribution in [2.75, 3.05) is 11.1 Å². The first-order valence-electron chi connectivity index (χ1n) is 4.78. The van der Waals surface area contributed by atoms with Crippen LogP contribution >= 0.6 is 11.6 Å². The summed E-state index contributed by atoms with van der Waals surface area (Å²) in [5, 5.41) is 10.00. The number of benzene rings is 1. The standard InChI is InChI=1S/C10H9ClN4O2/c11-6-3-1-2-4-7(6)13-9(16)5-8-10(12)15-17-14-8/h1-4H,5H2,(H2,12,15)(H,13,16). The zero-order valence-corrected chi connectivity index (χ0v) is 9.44. The molecule has 0 unspecified atom stereocenters. The lowest BCUT2D eigenvalue weighted by atomic mass is 10.2. The molecule has 0 atom stereocenters. The fourth-order valence-corrected chi connectivity index (χ4v) is 1.43. The van der Waals surface area contributed by atoms with E-state index in [2.05, 4.69) is 20.3 Å². The molecule has 2 rings (SSSR count). The molecule has 0 aliphatic carbocycles. The average molecular weight is 253 g/mol. The Balaban J connectivity index is 2.03. The van der Waals surface area contributed by atoms with Crippen LogP contribution in [0.3, 0.4) is 0 Å². The van der Waals surface area contributed by atoms with Gasteiger partial charge in [-0.05, 0) is 17.3 Å². The number of carbonyl (C=O) groups excluding carboxylic acids is 1. The number of carbonyl (C=O) groups is 1. The normalized spacial score (nSPS) is 10.2. The van der Waals surface area contributed by atoms with Crippen LogP contribution in [0.1, 0.15) is 5.69 Å². The number of nitrogens with two attached hydrogens (primary N) is 1. The van der Waals surface area contributed by atoms with Gasteiger partial charge >= 0.3 is 0 Å². The summed E-state index contributed by atoms with van der Waals surface area (Å²) in [7, 11) is 0. The van der Waals surface area contributed by atoms with E-state index in [9.17, 15) is 4.79 Å². The molecule has 2 aromatic rings. The van der Waals surface area contributed by atoms with Crippen molar-refractivity contribution in [3.8, 4) is 0 Å². The van der Waals surface area contributed by atoms with Crippen molar-refractivity contribution < 1.29 is 9.42 Å². The van der Waals surface area contributed by atoms with Crippen LogP contribution in [0.25, 0.3) is 0 Å². The van der Waals surface area contributed by atoms with Gasteiger partial charge in [0.25, 0.3) is 0 Å². The molecule has 1 aromatic carbocycles. The van der Waals surface area contributed by atoms with Crippen molar-refractivity contribution in [3.63, 3.8) is 0 Å². The minimum Gasteiger partial charge on any atom is -0.379 e. The summed E-state index contributed by atoms with van der Waals surface area (Å²) in [6.07, 6.45) is -0.0133. The largest absolute Gasteiger partial charge is 0.379 e. The highest BCUT2D eigenvalue weighted by molar-refractivity contribution is 6.33. The summed E-state index contributed by atoms with van der Waals surface area (Å²) in [4.78, 5) is 11.6. The number of para-hydroxylation sites is 1. The summed E-state index contributed by atoms with van der Waals surface area (Å²) in [6, 6.07) is 6.93. The Morgan fingerprint density at radius 1 is 1.41 bits per heavy atom. The zero-order valence-electron chi connectivity index (χ0n) is 8.68. The van der Waals surface area contributed by atoms with Gasteiger partial charge < -0.3 is 11.1 Å². The molecule has 0 spiro atoms. The second-order valence-electron chi connectivity index (χ2n) is 3.30. The Labute approximate surface area is 102 Å². The van der Waals surface area contributed by atoms with Gasteiger partial charge in [0.2, 0.25) is 5.91 Å². The van der Waals surface area contributed by atoms with Crippen LogP contribution in [0.2, 0.25) is 5.02 Å². The van der Waals surface area contributed by atoms with Crippen molar-refractivity contribution >= 4 is 29.0 Å². The van der Waals surface area contributed by atoms with Gasteiger partial charge in [-0.25, -0.2) is 4.63 Å². The van der Waals surface area contributed by atoms with Gasteiger partial charge in [-0.1, -0.05) is 28.9 Å². The molecule has 1 heterocycles. The Morgan fingerprint density at radius 2 is 2.18 bits per heavy atom. The topological polar surface area (TPSA) is 94.0 Å². The molecule has 17 heavy (non-hydrogen) atoms. The number of hydrogen-bond acceptors (Lipinski definition) is 5. The summed E-state index contributed by atoms with van der Waals surface area (Å²) >= 11 is 5.90. The SMILES string of the molecule is Nc1nonc1CC(=O)Nc1ccccc1Cl. The predicted octanol–water partition coefficient (Wildman–Crippen LogP) is 1.49. The number of nitrogen functional groups attached to an aromatic ring is 1. The number of nitrogens with zero attached hydrogens (tertiary/aromatic N) is 2. The third-order valence-electron chi connectivity index (χ3n) is 2.06. The van der Waals surface area contributed by atoms with E-state index in [1.54, 1.807) is 24.3 Å². The maximum Gasteiger partial charge on any atom is 0.230 e. The number of halogens is 1. The van der Waals surface area contributed by atoms with Gasteiger partial charge in [0, 0.05) is 0 Å². The number of anilines is 2. The summed E-state index contributed by atoms with van der Waals surface area (Å²) in [5.74, 6) is -0.181. The van der Waals surface area contributed by atoms with E-state index in [0.717, 1.165) is 0 Å². The summed E-state index contributed by atoms with van der Waals surface area (Å²) in [5.41, 5.74) is 6.28. The minimum atomic E-state index is -0.291. The van der Waals surface area contributed by atoms with Gasteiger partial charge in [0.1, 0.15) is 5.69 Å². The van der Waals surface area contributed by atoms with Crippen molar-refractivity contribution in [2.24, 2.45) is 0 Å². The second kappa shape index (κ2) is 4.84. The molecule has 1 aromatic heterocycles. The van der Waals surface area contributed by atoms with E-state index in [-0.39, 0.29) is 18.1 Å².